The summed E-state index contributed by atoms with van der Waals surface area (Å²) in [4.78, 5) is 24.7. The maximum Gasteiger partial charge on any atom is 0.260 e. The van der Waals surface area contributed by atoms with Crippen LogP contribution in [0, 0.1) is 5.82 Å². The topological polar surface area (TPSA) is 46.6 Å². The predicted octanol–water partition coefficient (Wildman–Crippen LogP) is 3.07. The normalized spacial score (nSPS) is 10.2. The molecule has 0 saturated heterocycles. The zero-order chi connectivity index (χ0) is 16.8. The average molecular weight is 315 g/mol. The van der Waals surface area contributed by atoms with E-state index in [0.717, 1.165) is 5.56 Å². The highest BCUT2D eigenvalue weighted by Gasteiger charge is 2.10. The molecule has 2 aromatic rings. The zero-order valence-electron chi connectivity index (χ0n) is 13.1. The fourth-order valence-electron chi connectivity index (χ4n) is 1.99. The Morgan fingerprint density at radius 1 is 1.04 bits per heavy atom. The Kier molecular flexibility index (Phi) is 5.46. The van der Waals surface area contributed by atoms with E-state index < -0.39 is 0 Å². The Balaban J connectivity index is 1.86. The molecule has 2 aromatic carbocycles. The van der Waals surface area contributed by atoms with E-state index in [1.54, 1.807) is 43.4 Å². The standard InChI is InChI=1S/C18H18FNO3/c1-13(21)15-5-9-17(10-6-15)23-12-18(22)20(2)11-14-3-7-16(19)8-4-14/h3-10H,11-12H2,1-2H3. The molecule has 23 heavy (non-hydrogen) atoms. The third-order valence-electron chi connectivity index (χ3n) is 3.38. The first kappa shape index (κ1) is 16.7. The van der Waals surface area contributed by atoms with E-state index in [-0.39, 0.29) is 24.1 Å². The summed E-state index contributed by atoms with van der Waals surface area (Å²) in [7, 11) is 1.66. The van der Waals surface area contributed by atoms with Crippen molar-refractivity contribution in [2.45, 2.75) is 13.5 Å². The maximum atomic E-state index is 12.8. The predicted molar refractivity (Wildman–Crippen MR) is 84.8 cm³/mol. The summed E-state index contributed by atoms with van der Waals surface area (Å²) < 4.78 is 18.3. The highest BCUT2D eigenvalue weighted by atomic mass is 19.1. The minimum atomic E-state index is -0.305. The number of carbonyl (C=O) groups excluding carboxylic acids is 2. The number of Topliss-reactive ketones (excluding diaryl/α,β-unsaturated/α-hetero) is 1. The molecule has 1 amide bonds. The van der Waals surface area contributed by atoms with Gasteiger partial charge >= 0.3 is 0 Å². The molecule has 0 aliphatic heterocycles. The van der Waals surface area contributed by atoms with E-state index in [1.807, 2.05) is 0 Å². The molecule has 120 valence electrons. The van der Waals surface area contributed by atoms with Crippen molar-refractivity contribution in [3.05, 3.63) is 65.5 Å². The average Bonchev–Trinajstić information content (AvgIpc) is 2.55. The molecule has 0 aliphatic rings. The van der Waals surface area contributed by atoms with Crippen molar-refractivity contribution < 1.29 is 18.7 Å². The molecule has 0 N–H and O–H groups in total. The lowest BCUT2D eigenvalue weighted by atomic mass is 10.1. The lowest BCUT2D eigenvalue weighted by molar-refractivity contribution is -0.132. The van der Waals surface area contributed by atoms with Crippen LogP contribution in [-0.4, -0.2) is 30.2 Å². The first-order valence-corrected chi connectivity index (χ1v) is 7.18. The zero-order valence-corrected chi connectivity index (χ0v) is 13.1. The van der Waals surface area contributed by atoms with Crippen molar-refractivity contribution in [2.75, 3.05) is 13.7 Å². The van der Waals surface area contributed by atoms with Crippen LogP contribution in [0.5, 0.6) is 5.75 Å². The SMILES string of the molecule is CC(=O)c1ccc(OCC(=O)N(C)Cc2ccc(F)cc2)cc1. The van der Waals surface area contributed by atoms with Gasteiger partial charge in [-0.15, -0.1) is 0 Å². The van der Waals surface area contributed by atoms with Gasteiger partial charge in [0.15, 0.2) is 12.4 Å². The maximum absolute atomic E-state index is 12.8. The number of hydrogen-bond donors (Lipinski definition) is 0. The second-order valence-corrected chi connectivity index (χ2v) is 5.25. The largest absolute Gasteiger partial charge is 0.484 e. The van der Waals surface area contributed by atoms with Gasteiger partial charge in [0.25, 0.3) is 5.91 Å². The van der Waals surface area contributed by atoms with Gasteiger partial charge in [-0.2, -0.15) is 0 Å². The van der Waals surface area contributed by atoms with Crippen LogP contribution in [0.3, 0.4) is 0 Å². The second kappa shape index (κ2) is 7.54. The van der Waals surface area contributed by atoms with Gasteiger partial charge in [-0.3, -0.25) is 9.59 Å². The molecule has 0 spiro atoms. The van der Waals surface area contributed by atoms with Gasteiger partial charge in [0.2, 0.25) is 0 Å². The number of amides is 1. The molecular formula is C18H18FNO3. The first-order chi connectivity index (χ1) is 11.0. The van der Waals surface area contributed by atoms with Crippen LogP contribution in [-0.2, 0) is 11.3 Å². The molecule has 0 radical (unpaired) electrons. The molecule has 0 bridgehead atoms. The summed E-state index contributed by atoms with van der Waals surface area (Å²) in [6.07, 6.45) is 0. The van der Waals surface area contributed by atoms with Crippen LogP contribution < -0.4 is 4.74 Å². The lowest BCUT2D eigenvalue weighted by Gasteiger charge is -2.17. The quantitative estimate of drug-likeness (QED) is 0.770. The van der Waals surface area contributed by atoms with Gasteiger partial charge in [0.05, 0.1) is 0 Å². The van der Waals surface area contributed by atoms with E-state index >= 15 is 0 Å². The molecule has 0 aromatic heterocycles. The molecule has 0 saturated carbocycles. The highest BCUT2D eigenvalue weighted by Crippen LogP contribution is 2.13. The van der Waals surface area contributed by atoms with Gasteiger partial charge < -0.3 is 9.64 Å². The molecule has 5 heteroatoms. The minimum Gasteiger partial charge on any atom is -0.484 e. The van der Waals surface area contributed by atoms with Gasteiger partial charge in [-0.25, -0.2) is 4.39 Å². The molecule has 0 atom stereocenters. The Hall–Kier alpha value is -2.69. The third kappa shape index (κ3) is 4.92. The summed E-state index contributed by atoms with van der Waals surface area (Å²) in [6, 6.07) is 12.6. The fourth-order valence-corrected chi connectivity index (χ4v) is 1.99. The Bertz CT molecular complexity index is 680. The smallest absolute Gasteiger partial charge is 0.260 e. The molecular weight excluding hydrogens is 297 g/mol. The number of ketones is 1. The number of halogens is 1. The van der Waals surface area contributed by atoms with Crippen LogP contribution in [0.2, 0.25) is 0 Å². The van der Waals surface area contributed by atoms with Gasteiger partial charge in [-0.1, -0.05) is 12.1 Å². The number of hydrogen-bond acceptors (Lipinski definition) is 3. The van der Waals surface area contributed by atoms with Crippen LogP contribution in [0.25, 0.3) is 0 Å². The minimum absolute atomic E-state index is 0.0216. The van der Waals surface area contributed by atoms with Crippen molar-refractivity contribution in [1.82, 2.24) is 4.90 Å². The van der Waals surface area contributed by atoms with Crippen molar-refractivity contribution in [3.63, 3.8) is 0 Å². The fraction of sp³-hybridized carbons (Fsp3) is 0.222. The van der Waals surface area contributed by atoms with E-state index in [0.29, 0.717) is 17.9 Å². The van der Waals surface area contributed by atoms with Crippen LogP contribution >= 0.6 is 0 Å². The van der Waals surface area contributed by atoms with Gasteiger partial charge in [0, 0.05) is 19.2 Å². The van der Waals surface area contributed by atoms with Gasteiger partial charge in [0.1, 0.15) is 11.6 Å². The van der Waals surface area contributed by atoms with Crippen molar-refractivity contribution in [2.24, 2.45) is 0 Å². The second-order valence-electron chi connectivity index (χ2n) is 5.25. The number of carbonyl (C=O) groups is 2. The summed E-state index contributed by atoms with van der Waals surface area (Å²) in [5.41, 5.74) is 1.44. The molecule has 0 fully saturated rings. The lowest BCUT2D eigenvalue weighted by Crippen LogP contribution is -2.30. The third-order valence-corrected chi connectivity index (χ3v) is 3.38. The van der Waals surface area contributed by atoms with Crippen molar-refractivity contribution in [1.29, 1.82) is 0 Å². The Morgan fingerprint density at radius 2 is 1.65 bits per heavy atom. The van der Waals surface area contributed by atoms with Crippen molar-refractivity contribution >= 4 is 11.7 Å². The van der Waals surface area contributed by atoms with E-state index in [4.69, 9.17) is 4.74 Å². The molecule has 0 heterocycles. The first-order valence-electron chi connectivity index (χ1n) is 7.18. The monoisotopic (exact) mass is 315 g/mol. The van der Waals surface area contributed by atoms with Crippen LogP contribution in [0.4, 0.5) is 4.39 Å². The van der Waals surface area contributed by atoms with Gasteiger partial charge in [-0.05, 0) is 48.9 Å². The van der Waals surface area contributed by atoms with E-state index in [9.17, 15) is 14.0 Å². The number of likely N-dealkylation sites (N-methyl/N-ethyl adjacent to an activating group) is 1. The summed E-state index contributed by atoms with van der Waals surface area (Å²) in [5.74, 6) is 0.00947. The highest BCUT2D eigenvalue weighted by molar-refractivity contribution is 5.94. The summed E-state index contributed by atoms with van der Waals surface area (Å²) in [6.45, 7) is 1.77. The number of benzene rings is 2. The number of nitrogens with zero attached hydrogens (tertiary/aromatic N) is 1. The summed E-state index contributed by atoms with van der Waals surface area (Å²) in [5, 5.41) is 0. The molecule has 0 unspecified atom stereocenters. The molecule has 2 rings (SSSR count). The van der Waals surface area contributed by atoms with Crippen LogP contribution in [0.1, 0.15) is 22.8 Å². The number of ether oxygens (including phenoxy) is 1. The Morgan fingerprint density at radius 3 is 2.22 bits per heavy atom. The van der Waals surface area contributed by atoms with Crippen LogP contribution in [0.15, 0.2) is 48.5 Å². The molecule has 4 nitrogen and oxygen atoms in total. The Labute approximate surface area is 134 Å². The molecule has 0 aliphatic carbocycles. The van der Waals surface area contributed by atoms with E-state index in [1.165, 1.54) is 24.0 Å². The van der Waals surface area contributed by atoms with E-state index in [2.05, 4.69) is 0 Å². The summed E-state index contributed by atoms with van der Waals surface area (Å²) >= 11 is 0. The van der Waals surface area contributed by atoms with Crippen molar-refractivity contribution in [3.8, 4) is 5.75 Å². The number of rotatable bonds is 6.